The van der Waals surface area contributed by atoms with E-state index in [0.717, 1.165) is 36.2 Å². The number of hydrogen-bond acceptors (Lipinski definition) is 2. The summed E-state index contributed by atoms with van der Waals surface area (Å²) < 4.78 is 2.31. The molecule has 1 N–H and O–H groups in total. The van der Waals surface area contributed by atoms with Crippen molar-refractivity contribution in [3.63, 3.8) is 0 Å². The molecule has 3 rings (SSSR count). The summed E-state index contributed by atoms with van der Waals surface area (Å²) in [6, 6.07) is 17.2. The number of imidazole rings is 1. The number of para-hydroxylation sites is 2. The van der Waals surface area contributed by atoms with E-state index in [2.05, 4.69) is 73.1 Å². The molecule has 0 spiro atoms. The molecular formula is C26H35N3O. The van der Waals surface area contributed by atoms with Gasteiger partial charge >= 0.3 is 0 Å². The van der Waals surface area contributed by atoms with Crippen LogP contribution in [0.3, 0.4) is 0 Å². The minimum absolute atomic E-state index is 0.0925. The van der Waals surface area contributed by atoms with Crippen molar-refractivity contribution in [1.29, 1.82) is 0 Å². The van der Waals surface area contributed by atoms with E-state index in [4.69, 9.17) is 4.98 Å². The molecule has 4 heteroatoms. The van der Waals surface area contributed by atoms with Crippen molar-refractivity contribution in [1.82, 2.24) is 14.9 Å². The van der Waals surface area contributed by atoms with Crippen LogP contribution in [-0.4, -0.2) is 22.0 Å². The van der Waals surface area contributed by atoms with Crippen molar-refractivity contribution in [3.8, 4) is 0 Å². The molecule has 0 atom stereocenters. The molecule has 0 fully saturated rings. The molecule has 0 bridgehead atoms. The smallest absolute Gasteiger partial charge is 0.225 e. The van der Waals surface area contributed by atoms with Gasteiger partial charge in [0.15, 0.2) is 0 Å². The Bertz CT molecular complexity index is 1000. The standard InChI is InChI=1S/C26H35N3O/c1-25(2,3)20-15-13-19(14-16-20)18-29-22-11-8-7-10-21(22)28-23(29)12-9-17-27-24(30)26(4,5)6/h7-8,10-11,13-16H,9,12,17-18H2,1-6H3,(H,27,30). The molecule has 1 amide bonds. The van der Waals surface area contributed by atoms with Gasteiger partial charge in [-0.1, -0.05) is 77.9 Å². The molecule has 2 aromatic carbocycles. The van der Waals surface area contributed by atoms with E-state index >= 15 is 0 Å². The first-order valence-corrected chi connectivity index (χ1v) is 10.9. The van der Waals surface area contributed by atoms with E-state index < -0.39 is 0 Å². The van der Waals surface area contributed by atoms with Gasteiger partial charge in [-0.3, -0.25) is 4.79 Å². The third-order valence-electron chi connectivity index (χ3n) is 5.44. The van der Waals surface area contributed by atoms with Crippen LogP contribution in [0.1, 0.15) is 64.9 Å². The minimum atomic E-state index is -0.355. The highest BCUT2D eigenvalue weighted by Gasteiger charge is 2.20. The lowest BCUT2D eigenvalue weighted by molar-refractivity contribution is -0.128. The molecule has 3 aromatic rings. The Kier molecular flexibility index (Phi) is 6.35. The second kappa shape index (κ2) is 8.63. The van der Waals surface area contributed by atoms with Crippen LogP contribution in [0, 0.1) is 5.41 Å². The average molecular weight is 406 g/mol. The number of carbonyl (C=O) groups excluding carboxylic acids is 1. The molecule has 0 saturated heterocycles. The maximum atomic E-state index is 12.1. The number of rotatable bonds is 6. The maximum absolute atomic E-state index is 12.1. The van der Waals surface area contributed by atoms with E-state index in [1.165, 1.54) is 11.1 Å². The fourth-order valence-corrected chi connectivity index (χ4v) is 3.50. The number of hydrogen-bond donors (Lipinski definition) is 1. The Hall–Kier alpha value is -2.62. The number of carbonyl (C=O) groups is 1. The van der Waals surface area contributed by atoms with E-state index in [1.807, 2.05) is 26.8 Å². The van der Waals surface area contributed by atoms with Crippen molar-refractivity contribution in [2.45, 2.75) is 66.3 Å². The van der Waals surface area contributed by atoms with E-state index in [9.17, 15) is 4.79 Å². The van der Waals surface area contributed by atoms with Gasteiger partial charge in [-0.05, 0) is 35.1 Å². The van der Waals surface area contributed by atoms with E-state index in [0.29, 0.717) is 6.54 Å². The van der Waals surface area contributed by atoms with E-state index in [-0.39, 0.29) is 16.7 Å². The summed E-state index contributed by atoms with van der Waals surface area (Å²) in [5.74, 6) is 1.16. The predicted octanol–water partition coefficient (Wildman–Crippen LogP) is 5.48. The SMILES string of the molecule is CC(C)(C)C(=O)NCCCc1nc2ccccc2n1Cc1ccc(C(C)(C)C)cc1. The summed E-state index contributed by atoms with van der Waals surface area (Å²) in [4.78, 5) is 17.0. The van der Waals surface area contributed by atoms with Gasteiger partial charge in [-0.15, -0.1) is 0 Å². The van der Waals surface area contributed by atoms with Crippen LogP contribution in [0.4, 0.5) is 0 Å². The fourth-order valence-electron chi connectivity index (χ4n) is 3.50. The Morgan fingerprint density at radius 1 is 0.967 bits per heavy atom. The minimum Gasteiger partial charge on any atom is -0.356 e. The number of amides is 1. The normalized spacial score (nSPS) is 12.3. The highest BCUT2D eigenvalue weighted by Crippen LogP contribution is 2.24. The molecule has 1 heterocycles. The van der Waals surface area contributed by atoms with Crippen molar-refractivity contribution < 1.29 is 4.79 Å². The van der Waals surface area contributed by atoms with Gasteiger partial charge in [0.25, 0.3) is 0 Å². The molecule has 160 valence electrons. The Morgan fingerprint density at radius 2 is 1.63 bits per heavy atom. The van der Waals surface area contributed by atoms with Crippen molar-refractivity contribution >= 4 is 16.9 Å². The molecule has 0 aliphatic heterocycles. The summed E-state index contributed by atoms with van der Waals surface area (Å²) in [5, 5.41) is 3.04. The zero-order valence-corrected chi connectivity index (χ0v) is 19.2. The molecular weight excluding hydrogens is 370 g/mol. The molecule has 0 aliphatic rings. The zero-order chi connectivity index (χ0) is 21.9. The van der Waals surface area contributed by atoms with Crippen molar-refractivity contribution in [2.75, 3.05) is 6.54 Å². The summed E-state index contributed by atoms with van der Waals surface area (Å²) in [5.41, 5.74) is 4.60. The number of aryl methyl sites for hydroxylation is 1. The molecule has 0 saturated carbocycles. The van der Waals surface area contributed by atoms with Gasteiger partial charge in [-0.2, -0.15) is 0 Å². The van der Waals surface area contributed by atoms with Gasteiger partial charge in [0, 0.05) is 24.9 Å². The van der Waals surface area contributed by atoms with Gasteiger partial charge in [0.05, 0.1) is 11.0 Å². The van der Waals surface area contributed by atoms with Gasteiger partial charge in [0.2, 0.25) is 5.91 Å². The Labute approximate surface area is 180 Å². The maximum Gasteiger partial charge on any atom is 0.225 e. The number of aromatic nitrogens is 2. The quantitative estimate of drug-likeness (QED) is 0.552. The van der Waals surface area contributed by atoms with Crippen LogP contribution in [0.15, 0.2) is 48.5 Å². The number of benzene rings is 2. The van der Waals surface area contributed by atoms with Crippen LogP contribution < -0.4 is 5.32 Å². The molecule has 1 aromatic heterocycles. The van der Waals surface area contributed by atoms with Crippen LogP contribution in [0.2, 0.25) is 0 Å². The van der Waals surface area contributed by atoms with Crippen LogP contribution >= 0.6 is 0 Å². The second-order valence-corrected chi connectivity index (χ2v) is 10.2. The van der Waals surface area contributed by atoms with Gasteiger partial charge in [-0.25, -0.2) is 4.98 Å². The van der Waals surface area contributed by atoms with Gasteiger partial charge in [0.1, 0.15) is 5.82 Å². The molecule has 0 radical (unpaired) electrons. The molecule has 30 heavy (non-hydrogen) atoms. The molecule has 0 aliphatic carbocycles. The summed E-state index contributed by atoms with van der Waals surface area (Å²) >= 11 is 0. The van der Waals surface area contributed by atoms with Crippen molar-refractivity contribution in [2.24, 2.45) is 5.41 Å². The Morgan fingerprint density at radius 3 is 2.27 bits per heavy atom. The lowest BCUT2D eigenvalue weighted by Crippen LogP contribution is -2.35. The number of fused-ring (bicyclic) bond motifs is 1. The average Bonchev–Trinajstić information content (AvgIpc) is 3.01. The van der Waals surface area contributed by atoms with Crippen LogP contribution in [0.5, 0.6) is 0 Å². The van der Waals surface area contributed by atoms with Gasteiger partial charge < -0.3 is 9.88 Å². The van der Waals surface area contributed by atoms with E-state index in [1.54, 1.807) is 0 Å². The molecule has 0 unspecified atom stereocenters. The highest BCUT2D eigenvalue weighted by molar-refractivity contribution is 5.81. The second-order valence-electron chi connectivity index (χ2n) is 10.2. The first-order chi connectivity index (χ1) is 14.1. The monoisotopic (exact) mass is 405 g/mol. The van der Waals surface area contributed by atoms with Crippen molar-refractivity contribution in [3.05, 3.63) is 65.5 Å². The molecule has 4 nitrogen and oxygen atoms in total. The lowest BCUT2D eigenvalue weighted by Gasteiger charge is -2.19. The number of nitrogens with one attached hydrogen (secondary N) is 1. The summed E-state index contributed by atoms with van der Waals surface area (Å²) in [6.07, 6.45) is 1.70. The fraction of sp³-hybridized carbons (Fsp3) is 0.462. The third kappa shape index (κ3) is 5.29. The first kappa shape index (κ1) is 22.1. The number of nitrogens with zero attached hydrogens (tertiary/aromatic N) is 2. The highest BCUT2D eigenvalue weighted by atomic mass is 16.2. The summed E-state index contributed by atoms with van der Waals surface area (Å²) in [7, 11) is 0. The first-order valence-electron chi connectivity index (χ1n) is 10.9. The van der Waals surface area contributed by atoms with Crippen LogP contribution in [0.25, 0.3) is 11.0 Å². The topological polar surface area (TPSA) is 46.9 Å². The zero-order valence-electron chi connectivity index (χ0n) is 19.2. The lowest BCUT2D eigenvalue weighted by atomic mass is 9.87. The van der Waals surface area contributed by atoms with Crippen LogP contribution in [-0.2, 0) is 23.2 Å². The summed E-state index contributed by atoms with van der Waals surface area (Å²) in [6.45, 7) is 14.0. The Balaban J connectivity index is 1.76. The third-order valence-corrected chi connectivity index (χ3v) is 5.44. The largest absolute Gasteiger partial charge is 0.356 e. The predicted molar refractivity (Wildman–Crippen MR) is 125 cm³/mol.